The van der Waals surface area contributed by atoms with Gasteiger partial charge >= 0.3 is 0 Å². The first kappa shape index (κ1) is 34.5. The second-order valence-electron chi connectivity index (χ2n) is 12.5. The molecule has 1 N–H and O–H groups in total. The molecule has 0 bridgehead atoms. The lowest BCUT2D eigenvalue weighted by molar-refractivity contribution is 0.331. The van der Waals surface area contributed by atoms with E-state index in [4.69, 9.17) is 0 Å². The molecular formula is C43H34F5N3O. The number of hydrogen-bond donors (Lipinski definition) is 1. The van der Waals surface area contributed by atoms with E-state index in [0.29, 0.717) is 51.8 Å². The summed E-state index contributed by atoms with van der Waals surface area (Å²) >= 11 is 0. The lowest BCUT2D eigenvalue weighted by Crippen LogP contribution is -2.39. The van der Waals surface area contributed by atoms with Gasteiger partial charge in [-0.15, -0.1) is 0 Å². The van der Waals surface area contributed by atoms with Crippen LogP contribution >= 0.6 is 0 Å². The topological polar surface area (TPSA) is 30.0 Å². The molecule has 52 heavy (non-hydrogen) atoms. The van der Waals surface area contributed by atoms with Gasteiger partial charge in [0, 0.05) is 51.9 Å². The van der Waals surface area contributed by atoms with E-state index in [1.54, 1.807) is 60.7 Å². The highest BCUT2D eigenvalue weighted by Crippen LogP contribution is 2.42. The Morgan fingerprint density at radius 2 is 0.885 bits per heavy atom. The maximum absolute atomic E-state index is 14.4. The number of aliphatic hydroxyl groups excluding tert-OH is 1. The predicted octanol–water partition coefficient (Wildman–Crippen LogP) is 11.0. The van der Waals surface area contributed by atoms with Gasteiger partial charge in [-0.3, -0.25) is 0 Å². The number of halogens is 5. The monoisotopic (exact) mass is 703 g/mol. The zero-order valence-electron chi connectivity index (χ0n) is 27.9. The molecule has 0 spiro atoms. The van der Waals surface area contributed by atoms with Crippen molar-refractivity contribution in [1.82, 2.24) is 0 Å². The third kappa shape index (κ3) is 7.41. The molecule has 0 saturated carbocycles. The SMILES string of the molecule is OCC1=CCCC=C1N(c1ccc(F)cc1)C1C=C(N(c2ccc(F)cc2)c2ccc(F)cc2)C=C(N(c2ccc(F)cc2)c2ccc(F)cc2)C1. The fourth-order valence-corrected chi connectivity index (χ4v) is 6.72. The molecule has 0 fully saturated rings. The predicted molar refractivity (Wildman–Crippen MR) is 196 cm³/mol. The van der Waals surface area contributed by atoms with Crippen LogP contribution < -0.4 is 14.7 Å². The van der Waals surface area contributed by atoms with Gasteiger partial charge in [-0.25, -0.2) is 22.0 Å². The number of rotatable bonds is 10. The van der Waals surface area contributed by atoms with E-state index in [1.807, 2.05) is 28.0 Å². The Hall–Kier alpha value is -5.93. The van der Waals surface area contributed by atoms with Gasteiger partial charge in [-0.05, 0) is 152 Å². The van der Waals surface area contributed by atoms with Crippen molar-refractivity contribution in [2.24, 2.45) is 0 Å². The second kappa shape index (κ2) is 15.1. The summed E-state index contributed by atoms with van der Waals surface area (Å²) in [7, 11) is 0. The Morgan fingerprint density at radius 3 is 1.31 bits per heavy atom. The largest absolute Gasteiger partial charge is 0.392 e. The molecule has 9 heteroatoms. The van der Waals surface area contributed by atoms with Crippen LogP contribution in [0.15, 0.2) is 168 Å². The Balaban J connectivity index is 1.48. The first-order valence-corrected chi connectivity index (χ1v) is 16.9. The standard InChI is InChI=1S/C43H34F5N3O/c44-30-5-15-35(16-6-30)49(36-17-7-31(45)8-18-36)40-25-41(50(37-19-9-32(46)10-20-37)38-21-11-33(47)12-22-38)27-42(26-40)51(39-23-13-34(48)14-24-39)43-4-2-1-3-29(43)28-52/h3-26,42,52H,1-2,27-28H2. The molecule has 2 aliphatic carbocycles. The van der Waals surface area contributed by atoms with Crippen LogP contribution in [-0.4, -0.2) is 17.8 Å². The summed E-state index contributed by atoms with van der Waals surface area (Å²) in [4.78, 5) is 5.83. The van der Waals surface area contributed by atoms with Gasteiger partial charge in [0.25, 0.3) is 0 Å². The summed E-state index contributed by atoms with van der Waals surface area (Å²) in [5, 5.41) is 10.5. The molecule has 0 saturated heterocycles. The van der Waals surface area contributed by atoms with Gasteiger partial charge in [-0.1, -0.05) is 12.2 Å². The summed E-state index contributed by atoms with van der Waals surface area (Å²) < 4.78 is 71.5. The summed E-state index contributed by atoms with van der Waals surface area (Å²) in [5.41, 5.74) is 5.87. The van der Waals surface area contributed by atoms with Gasteiger partial charge in [0.1, 0.15) is 29.1 Å². The number of allylic oxidation sites excluding steroid dienone is 3. The van der Waals surface area contributed by atoms with Crippen molar-refractivity contribution in [3.05, 3.63) is 197 Å². The number of anilines is 5. The highest BCUT2D eigenvalue weighted by molar-refractivity contribution is 5.75. The van der Waals surface area contributed by atoms with Crippen LogP contribution in [0.3, 0.4) is 0 Å². The minimum Gasteiger partial charge on any atom is -0.392 e. The molecule has 4 nitrogen and oxygen atoms in total. The molecule has 2 aliphatic rings. The third-order valence-corrected chi connectivity index (χ3v) is 9.07. The van der Waals surface area contributed by atoms with Gasteiger partial charge < -0.3 is 19.8 Å². The van der Waals surface area contributed by atoms with Crippen LogP contribution in [0.5, 0.6) is 0 Å². The molecule has 0 radical (unpaired) electrons. The van der Waals surface area contributed by atoms with E-state index >= 15 is 0 Å². The molecule has 0 aliphatic heterocycles. The summed E-state index contributed by atoms with van der Waals surface area (Å²) in [6.45, 7) is -0.218. The smallest absolute Gasteiger partial charge is 0.123 e. The third-order valence-electron chi connectivity index (χ3n) is 9.07. The van der Waals surface area contributed by atoms with Gasteiger partial charge in [-0.2, -0.15) is 0 Å². The number of benzene rings is 5. The molecule has 262 valence electrons. The van der Waals surface area contributed by atoms with Crippen molar-refractivity contribution in [2.45, 2.75) is 25.3 Å². The van der Waals surface area contributed by atoms with Crippen molar-refractivity contribution >= 4 is 28.4 Å². The fraction of sp³-hybridized carbons (Fsp3) is 0.116. The summed E-state index contributed by atoms with van der Waals surface area (Å²) in [6.07, 6.45) is 9.82. The Labute approximate surface area is 299 Å². The molecule has 7 rings (SSSR count). The maximum Gasteiger partial charge on any atom is 0.123 e. The second-order valence-corrected chi connectivity index (χ2v) is 12.5. The van der Waals surface area contributed by atoms with Crippen LogP contribution in [0.4, 0.5) is 50.4 Å². The van der Waals surface area contributed by atoms with E-state index in [9.17, 15) is 27.1 Å². The number of hydrogen-bond acceptors (Lipinski definition) is 4. The van der Waals surface area contributed by atoms with Crippen LogP contribution in [0, 0.1) is 29.1 Å². The minimum atomic E-state index is -0.494. The van der Waals surface area contributed by atoms with E-state index in [1.165, 1.54) is 60.7 Å². The zero-order chi connectivity index (χ0) is 36.2. The highest BCUT2D eigenvalue weighted by Gasteiger charge is 2.32. The number of nitrogens with zero attached hydrogens (tertiary/aromatic N) is 3. The quantitative estimate of drug-likeness (QED) is 0.147. The van der Waals surface area contributed by atoms with Crippen molar-refractivity contribution in [1.29, 1.82) is 0 Å². The molecule has 0 aromatic heterocycles. The van der Waals surface area contributed by atoms with Crippen molar-refractivity contribution in [3.63, 3.8) is 0 Å². The molecule has 0 heterocycles. The molecule has 1 atom stereocenters. The lowest BCUT2D eigenvalue weighted by Gasteiger charge is -2.41. The summed E-state index contributed by atoms with van der Waals surface area (Å²) in [5.74, 6) is -2.11. The van der Waals surface area contributed by atoms with E-state index in [-0.39, 0.29) is 6.61 Å². The number of aliphatic hydroxyl groups is 1. The van der Waals surface area contributed by atoms with Gasteiger partial charge in [0.15, 0.2) is 0 Å². The Bertz CT molecular complexity index is 2050. The van der Waals surface area contributed by atoms with Crippen LogP contribution in [0.25, 0.3) is 0 Å². The molecule has 1 unspecified atom stereocenters. The first-order valence-electron chi connectivity index (χ1n) is 16.9. The molecule has 5 aromatic carbocycles. The average molecular weight is 704 g/mol. The van der Waals surface area contributed by atoms with E-state index in [0.717, 1.165) is 18.5 Å². The van der Waals surface area contributed by atoms with Crippen LogP contribution in [0.2, 0.25) is 0 Å². The molecule has 5 aromatic rings. The van der Waals surface area contributed by atoms with Crippen molar-refractivity contribution in [2.75, 3.05) is 21.3 Å². The van der Waals surface area contributed by atoms with Crippen molar-refractivity contribution < 1.29 is 27.1 Å². The Kier molecular flexibility index (Phi) is 10.0. The zero-order valence-corrected chi connectivity index (χ0v) is 27.9. The lowest BCUT2D eigenvalue weighted by atomic mass is 9.94. The molecule has 0 amide bonds. The van der Waals surface area contributed by atoms with Crippen LogP contribution in [0.1, 0.15) is 19.3 Å². The van der Waals surface area contributed by atoms with Crippen molar-refractivity contribution in [3.8, 4) is 0 Å². The van der Waals surface area contributed by atoms with Gasteiger partial charge in [0.2, 0.25) is 0 Å². The van der Waals surface area contributed by atoms with Crippen LogP contribution in [-0.2, 0) is 0 Å². The van der Waals surface area contributed by atoms with E-state index < -0.39 is 35.1 Å². The highest BCUT2D eigenvalue weighted by atomic mass is 19.1. The fourth-order valence-electron chi connectivity index (χ4n) is 6.72. The first-order chi connectivity index (χ1) is 25.3. The van der Waals surface area contributed by atoms with E-state index in [2.05, 4.69) is 11.0 Å². The summed E-state index contributed by atoms with van der Waals surface area (Å²) in [6, 6.07) is 29.5. The Morgan fingerprint density at radius 1 is 0.500 bits per heavy atom. The average Bonchev–Trinajstić information content (AvgIpc) is 3.16. The maximum atomic E-state index is 14.4. The molecular weight excluding hydrogens is 669 g/mol. The normalized spacial score (nSPS) is 15.6. The van der Waals surface area contributed by atoms with Gasteiger partial charge in [0.05, 0.1) is 12.6 Å². The minimum absolute atomic E-state index is 0.218.